The summed E-state index contributed by atoms with van der Waals surface area (Å²) >= 11 is 0. The van der Waals surface area contributed by atoms with Crippen molar-refractivity contribution in [2.24, 2.45) is 5.41 Å². The molecule has 1 saturated carbocycles. The Labute approximate surface area is 61.9 Å². The molecule has 2 atom stereocenters. The lowest BCUT2D eigenvalue weighted by molar-refractivity contribution is -0.0444. The number of hydrogen-bond acceptors (Lipinski definition) is 2. The van der Waals surface area contributed by atoms with Gasteiger partial charge in [0.25, 0.3) is 0 Å². The Morgan fingerprint density at radius 1 is 1.20 bits per heavy atom. The Morgan fingerprint density at radius 3 is 2.20 bits per heavy atom. The zero-order valence-corrected chi connectivity index (χ0v) is 6.67. The summed E-state index contributed by atoms with van der Waals surface area (Å²) in [7, 11) is 0. The van der Waals surface area contributed by atoms with E-state index in [1.807, 2.05) is 0 Å². The van der Waals surface area contributed by atoms with Crippen LogP contribution < -0.4 is 0 Å². The highest BCUT2D eigenvalue weighted by Crippen LogP contribution is 2.35. The molecule has 10 heavy (non-hydrogen) atoms. The fraction of sp³-hybridized carbons (Fsp3) is 1.00. The fourth-order valence-corrected chi connectivity index (χ4v) is 1.54. The van der Waals surface area contributed by atoms with E-state index in [0.29, 0.717) is 0 Å². The van der Waals surface area contributed by atoms with Crippen LogP contribution in [0.1, 0.15) is 33.1 Å². The Hall–Kier alpha value is -0.0800. The van der Waals surface area contributed by atoms with E-state index >= 15 is 0 Å². The number of rotatable bonds is 0. The molecule has 0 aliphatic heterocycles. The van der Waals surface area contributed by atoms with E-state index in [0.717, 1.165) is 19.3 Å². The summed E-state index contributed by atoms with van der Waals surface area (Å²) in [6, 6.07) is 0. The average Bonchev–Trinajstić information content (AvgIpc) is 1.79. The molecule has 0 aromatic heterocycles. The van der Waals surface area contributed by atoms with Crippen LogP contribution in [0, 0.1) is 5.41 Å². The van der Waals surface area contributed by atoms with Gasteiger partial charge in [0.1, 0.15) is 0 Å². The Bertz CT molecular complexity index is 120. The summed E-state index contributed by atoms with van der Waals surface area (Å²) in [5.74, 6) is 0. The molecule has 0 bridgehead atoms. The summed E-state index contributed by atoms with van der Waals surface area (Å²) < 4.78 is 0. The Morgan fingerprint density at radius 2 is 1.80 bits per heavy atom. The van der Waals surface area contributed by atoms with Gasteiger partial charge in [0.2, 0.25) is 0 Å². The van der Waals surface area contributed by atoms with Crippen molar-refractivity contribution in [3.05, 3.63) is 0 Å². The van der Waals surface area contributed by atoms with Gasteiger partial charge in [-0.25, -0.2) is 0 Å². The molecule has 0 aromatic rings. The first kappa shape index (κ1) is 8.02. The number of hydrogen-bond donors (Lipinski definition) is 2. The lowest BCUT2D eigenvalue weighted by atomic mass is 9.75. The van der Waals surface area contributed by atoms with Crippen molar-refractivity contribution in [1.82, 2.24) is 0 Å². The lowest BCUT2D eigenvalue weighted by Crippen LogP contribution is -2.37. The molecular formula is C8H16O2. The van der Waals surface area contributed by atoms with Gasteiger partial charge in [-0.2, -0.15) is 0 Å². The average molecular weight is 144 g/mol. The van der Waals surface area contributed by atoms with Crippen molar-refractivity contribution in [3.63, 3.8) is 0 Å². The number of aliphatic hydroxyl groups excluding tert-OH is 2. The molecule has 1 aliphatic carbocycles. The molecule has 2 N–H and O–H groups in total. The highest BCUT2D eigenvalue weighted by atomic mass is 16.3. The third-order valence-corrected chi connectivity index (χ3v) is 2.32. The highest BCUT2D eigenvalue weighted by Gasteiger charge is 2.32. The predicted molar refractivity (Wildman–Crippen MR) is 39.6 cm³/mol. The smallest absolute Gasteiger partial charge is 0.0804 e. The van der Waals surface area contributed by atoms with Crippen LogP contribution in [0.15, 0.2) is 0 Å². The fourth-order valence-electron chi connectivity index (χ4n) is 1.54. The normalized spacial score (nSPS) is 39.6. The minimum Gasteiger partial charge on any atom is -0.390 e. The van der Waals surface area contributed by atoms with Gasteiger partial charge in [-0.05, 0) is 24.7 Å². The van der Waals surface area contributed by atoms with Gasteiger partial charge in [0, 0.05) is 0 Å². The Balaban J connectivity index is 2.49. The van der Waals surface area contributed by atoms with Crippen LogP contribution in [-0.4, -0.2) is 22.4 Å². The van der Waals surface area contributed by atoms with Gasteiger partial charge in [0.05, 0.1) is 12.2 Å². The van der Waals surface area contributed by atoms with Gasteiger partial charge < -0.3 is 10.2 Å². The number of aliphatic hydroxyl groups is 2. The first-order chi connectivity index (χ1) is 4.51. The second kappa shape index (κ2) is 2.51. The molecule has 0 aromatic carbocycles. The highest BCUT2D eigenvalue weighted by molar-refractivity contribution is 4.84. The molecule has 0 amide bonds. The van der Waals surface area contributed by atoms with E-state index in [2.05, 4.69) is 13.8 Å². The minimum absolute atomic E-state index is 0.221. The molecule has 60 valence electrons. The van der Waals surface area contributed by atoms with Crippen molar-refractivity contribution in [1.29, 1.82) is 0 Å². The maximum Gasteiger partial charge on any atom is 0.0804 e. The first-order valence-corrected chi connectivity index (χ1v) is 3.87. The van der Waals surface area contributed by atoms with Gasteiger partial charge in [-0.15, -0.1) is 0 Å². The maximum atomic E-state index is 9.26. The maximum absolute atomic E-state index is 9.26. The van der Waals surface area contributed by atoms with Crippen molar-refractivity contribution < 1.29 is 10.2 Å². The van der Waals surface area contributed by atoms with Crippen molar-refractivity contribution in [2.75, 3.05) is 0 Å². The molecular weight excluding hydrogens is 128 g/mol. The van der Waals surface area contributed by atoms with Gasteiger partial charge in [-0.3, -0.25) is 0 Å². The lowest BCUT2D eigenvalue weighted by Gasteiger charge is -2.35. The quantitative estimate of drug-likeness (QED) is 0.530. The minimum atomic E-state index is -0.497. The van der Waals surface area contributed by atoms with Crippen LogP contribution in [0.4, 0.5) is 0 Å². The SMILES string of the molecule is CC1(C)CCC(O)C(O)C1. The van der Waals surface area contributed by atoms with Crippen molar-refractivity contribution in [3.8, 4) is 0 Å². The molecule has 0 spiro atoms. The van der Waals surface area contributed by atoms with Crippen molar-refractivity contribution in [2.45, 2.75) is 45.3 Å². The zero-order valence-electron chi connectivity index (χ0n) is 6.67. The molecule has 0 saturated heterocycles. The van der Waals surface area contributed by atoms with Crippen LogP contribution in [0.2, 0.25) is 0 Å². The molecule has 2 heteroatoms. The summed E-state index contributed by atoms with van der Waals surface area (Å²) in [5, 5.41) is 18.4. The standard InChI is InChI=1S/C8H16O2/c1-8(2)4-3-6(9)7(10)5-8/h6-7,9-10H,3-5H2,1-2H3. The van der Waals surface area contributed by atoms with E-state index < -0.39 is 12.2 Å². The molecule has 0 heterocycles. The molecule has 0 radical (unpaired) electrons. The van der Waals surface area contributed by atoms with Gasteiger partial charge in [0.15, 0.2) is 0 Å². The van der Waals surface area contributed by atoms with Crippen LogP contribution in [0.25, 0.3) is 0 Å². The van der Waals surface area contributed by atoms with Crippen LogP contribution in [0.5, 0.6) is 0 Å². The van der Waals surface area contributed by atoms with E-state index in [-0.39, 0.29) is 5.41 Å². The predicted octanol–water partition coefficient (Wildman–Crippen LogP) is 0.918. The zero-order chi connectivity index (χ0) is 7.78. The molecule has 1 aliphatic rings. The molecule has 1 rings (SSSR count). The third kappa shape index (κ3) is 1.70. The summed E-state index contributed by atoms with van der Waals surface area (Å²) in [6.07, 6.45) is 1.52. The molecule has 2 unspecified atom stereocenters. The second-order valence-corrected chi connectivity index (χ2v) is 4.04. The largest absolute Gasteiger partial charge is 0.390 e. The monoisotopic (exact) mass is 144 g/mol. The third-order valence-electron chi connectivity index (χ3n) is 2.32. The van der Waals surface area contributed by atoms with Crippen molar-refractivity contribution >= 4 is 0 Å². The van der Waals surface area contributed by atoms with Crippen LogP contribution in [0.3, 0.4) is 0 Å². The molecule has 1 fully saturated rings. The van der Waals surface area contributed by atoms with E-state index in [4.69, 9.17) is 5.11 Å². The van der Waals surface area contributed by atoms with E-state index in [1.54, 1.807) is 0 Å². The molecule has 2 nitrogen and oxygen atoms in total. The van der Waals surface area contributed by atoms with Crippen LogP contribution in [-0.2, 0) is 0 Å². The summed E-state index contributed by atoms with van der Waals surface area (Å²) in [4.78, 5) is 0. The summed E-state index contributed by atoms with van der Waals surface area (Å²) in [6.45, 7) is 4.25. The summed E-state index contributed by atoms with van der Waals surface area (Å²) in [5.41, 5.74) is 0.221. The Kier molecular flexibility index (Phi) is 2.02. The van der Waals surface area contributed by atoms with Crippen LogP contribution >= 0.6 is 0 Å². The van der Waals surface area contributed by atoms with Gasteiger partial charge in [-0.1, -0.05) is 13.8 Å². The van der Waals surface area contributed by atoms with Gasteiger partial charge >= 0.3 is 0 Å². The second-order valence-electron chi connectivity index (χ2n) is 4.04. The van der Waals surface area contributed by atoms with E-state index in [9.17, 15) is 5.11 Å². The first-order valence-electron chi connectivity index (χ1n) is 3.87. The topological polar surface area (TPSA) is 40.5 Å². The van der Waals surface area contributed by atoms with E-state index in [1.165, 1.54) is 0 Å².